The molecule has 0 saturated carbocycles. The Hall–Kier alpha value is -0.590. The molecule has 0 radical (unpaired) electrons. The molecule has 0 fully saturated rings. The topological polar surface area (TPSA) is 45.8 Å². The highest BCUT2D eigenvalue weighted by molar-refractivity contribution is 14.1. The van der Waals surface area contributed by atoms with Crippen LogP contribution < -0.4 is 5.56 Å². The SMILES string of the molecule is CC(C)(C)c1nc(-c2cc(Cl)ccc2Cl)[nH]c(=O)c1I. The van der Waals surface area contributed by atoms with Gasteiger partial charge in [-0.3, -0.25) is 4.79 Å². The van der Waals surface area contributed by atoms with Crippen molar-refractivity contribution in [3.05, 3.63) is 47.9 Å². The van der Waals surface area contributed by atoms with E-state index in [9.17, 15) is 4.79 Å². The van der Waals surface area contributed by atoms with Gasteiger partial charge < -0.3 is 4.98 Å². The van der Waals surface area contributed by atoms with Crippen molar-refractivity contribution >= 4 is 45.8 Å². The smallest absolute Gasteiger partial charge is 0.264 e. The van der Waals surface area contributed by atoms with E-state index in [1.807, 2.05) is 43.4 Å². The Balaban J connectivity index is 2.74. The van der Waals surface area contributed by atoms with Crippen molar-refractivity contribution in [2.45, 2.75) is 26.2 Å². The molecule has 0 aliphatic carbocycles. The number of halogens is 3. The van der Waals surface area contributed by atoms with E-state index in [4.69, 9.17) is 23.2 Å². The molecular formula is C14H13Cl2IN2O. The highest BCUT2D eigenvalue weighted by Gasteiger charge is 2.22. The fraction of sp³-hybridized carbons (Fsp3) is 0.286. The van der Waals surface area contributed by atoms with Crippen LogP contribution in [0.3, 0.4) is 0 Å². The summed E-state index contributed by atoms with van der Waals surface area (Å²) in [6.07, 6.45) is 0. The predicted octanol–water partition coefficient (Wildman–Crippen LogP) is 4.65. The Morgan fingerprint density at radius 3 is 2.50 bits per heavy atom. The Bertz CT molecular complexity index is 720. The van der Waals surface area contributed by atoms with Crippen LogP contribution in [0, 0.1) is 3.57 Å². The van der Waals surface area contributed by atoms with Gasteiger partial charge in [-0.25, -0.2) is 4.98 Å². The Morgan fingerprint density at radius 2 is 1.90 bits per heavy atom. The minimum absolute atomic E-state index is 0.170. The van der Waals surface area contributed by atoms with E-state index in [0.29, 0.717) is 25.0 Å². The van der Waals surface area contributed by atoms with Crippen LogP contribution in [0.25, 0.3) is 11.4 Å². The number of aromatic amines is 1. The second-order valence-corrected chi connectivity index (χ2v) is 7.37. The fourth-order valence-electron chi connectivity index (χ4n) is 1.76. The normalized spacial score (nSPS) is 11.7. The summed E-state index contributed by atoms with van der Waals surface area (Å²) in [7, 11) is 0. The lowest BCUT2D eigenvalue weighted by atomic mass is 9.92. The third kappa shape index (κ3) is 3.18. The lowest BCUT2D eigenvalue weighted by Crippen LogP contribution is -2.24. The summed E-state index contributed by atoms with van der Waals surface area (Å²) in [6.45, 7) is 6.04. The Kier molecular flexibility index (Phi) is 4.47. The summed E-state index contributed by atoms with van der Waals surface area (Å²) in [5, 5.41) is 1.04. The molecule has 0 aliphatic heterocycles. The largest absolute Gasteiger partial charge is 0.306 e. The second kappa shape index (κ2) is 5.66. The highest BCUT2D eigenvalue weighted by atomic mass is 127. The quantitative estimate of drug-likeness (QED) is 0.680. The first-order valence-corrected chi connectivity index (χ1v) is 7.79. The lowest BCUT2D eigenvalue weighted by Gasteiger charge is -2.20. The summed E-state index contributed by atoms with van der Waals surface area (Å²) in [5.74, 6) is 0.438. The van der Waals surface area contributed by atoms with E-state index in [1.165, 1.54) is 0 Å². The van der Waals surface area contributed by atoms with Crippen molar-refractivity contribution in [3.63, 3.8) is 0 Å². The number of hydrogen-bond donors (Lipinski definition) is 1. The lowest BCUT2D eigenvalue weighted by molar-refractivity contribution is 0.562. The van der Waals surface area contributed by atoms with Gasteiger partial charge in [-0.1, -0.05) is 44.0 Å². The van der Waals surface area contributed by atoms with Crippen molar-refractivity contribution in [1.29, 1.82) is 0 Å². The van der Waals surface area contributed by atoms with Crippen LogP contribution in [0.5, 0.6) is 0 Å². The molecule has 0 atom stereocenters. The van der Waals surface area contributed by atoms with Crippen LogP contribution in [0.2, 0.25) is 10.0 Å². The molecule has 3 nitrogen and oxygen atoms in total. The van der Waals surface area contributed by atoms with Crippen LogP contribution in [0.15, 0.2) is 23.0 Å². The molecule has 1 aromatic heterocycles. The van der Waals surface area contributed by atoms with E-state index in [2.05, 4.69) is 9.97 Å². The molecule has 1 heterocycles. The zero-order valence-electron chi connectivity index (χ0n) is 11.2. The van der Waals surface area contributed by atoms with Gasteiger partial charge in [-0.15, -0.1) is 0 Å². The number of benzene rings is 1. The number of aromatic nitrogens is 2. The first kappa shape index (κ1) is 15.8. The average molecular weight is 423 g/mol. The van der Waals surface area contributed by atoms with Gasteiger partial charge in [0.2, 0.25) is 0 Å². The molecular weight excluding hydrogens is 410 g/mol. The molecule has 20 heavy (non-hydrogen) atoms. The molecule has 2 rings (SSSR count). The van der Waals surface area contributed by atoms with E-state index in [1.54, 1.807) is 18.2 Å². The first-order valence-electron chi connectivity index (χ1n) is 5.96. The van der Waals surface area contributed by atoms with Crippen LogP contribution in [-0.4, -0.2) is 9.97 Å². The molecule has 0 spiro atoms. The van der Waals surface area contributed by atoms with Gasteiger partial charge in [0.05, 0.1) is 10.7 Å². The third-order valence-corrected chi connectivity index (χ3v) is 4.32. The number of nitrogens with zero attached hydrogens (tertiary/aromatic N) is 1. The van der Waals surface area contributed by atoms with Crippen molar-refractivity contribution in [1.82, 2.24) is 9.97 Å². The standard InChI is InChI=1S/C14H13Cl2IN2O/c1-14(2,3)11-10(17)13(20)19-12(18-11)8-6-7(15)4-5-9(8)16/h4-6H,1-3H3,(H,18,19,20). The maximum Gasteiger partial charge on any atom is 0.264 e. The number of H-pyrrole nitrogens is 1. The summed E-state index contributed by atoms with van der Waals surface area (Å²) >= 11 is 14.2. The van der Waals surface area contributed by atoms with Gasteiger partial charge in [0.1, 0.15) is 9.39 Å². The van der Waals surface area contributed by atoms with Crippen LogP contribution in [0.4, 0.5) is 0 Å². The van der Waals surface area contributed by atoms with Crippen LogP contribution in [-0.2, 0) is 5.41 Å². The summed E-state index contributed by atoms with van der Waals surface area (Å²) in [4.78, 5) is 19.4. The molecule has 0 aliphatic rings. The zero-order valence-corrected chi connectivity index (χ0v) is 14.9. The minimum atomic E-state index is -0.232. The number of rotatable bonds is 1. The van der Waals surface area contributed by atoms with Crippen molar-refractivity contribution < 1.29 is 0 Å². The highest BCUT2D eigenvalue weighted by Crippen LogP contribution is 2.30. The second-order valence-electron chi connectivity index (χ2n) is 5.45. The molecule has 106 valence electrons. The summed E-state index contributed by atoms with van der Waals surface area (Å²) in [6, 6.07) is 5.08. The molecule has 0 bridgehead atoms. The fourth-order valence-corrected chi connectivity index (χ4v) is 3.21. The molecule has 6 heteroatoms. The number of hydrogen-bond acceptors (Lipinski definition) is 2. The first-order chi connectivity index (χ1) is 9.20. The summed E-state index contributed by atoms with van der Waals surface area (Å²) < 4.78 is 0.594. The molecule has 0 saturated heterocycles. The van der Waals surface area contributed by atoms with Crippen molar-refractivity contribution in [2.24, 2.45) is 0 Å². The third-order valence-electron chi connectivity index (χ3n) is 2.76. The maximum atomic E-state index is 12.1. The molecule has 0 amide bonds. The van der Waals surface area contributed by atoms with E-state index < -0.39 is 0 Å². The van der Waals surface area contributed by atoms with Gasteiger partial charge in [-0.05, 0) is 40.8 Å². The minimum Gasteiger partial charge on any atom is -0.306 e. The monoisotopic (exact) mass is 422 g/mol. The van der Waals surface area contributed by atoms with Gasteiger partial charge >= 0.3 is 0 Å². The molecule has 1 aromatic carbocycles. The van der Waals surface area contributed by atoms with E-state index >= 15 is 0 Å². The molecule has 1 N–H and O–H groups in total. The van der Waals surface area contributed by atoms with Crippen LogP contribution in [0.1, 0.15) is 26.5 Å². The van der Waals surface area contributed by atoms with Crippen LogP contribution >= 0.6 is 45.8 Å². The maximum absolute atomic E-state index is 12.1. The average Bonchev–Trinajstić information content (AvgIpc) is 2.34. The summed E-state index contributed by atoms with van der Waals surface area (Å²) in [5.41, 5.74) is 0.965. The Morgan fingerprint density at radius 1 is 1.25 bits per heavy atom. The van der Waals surface area contributed by atoms with Gasteiger partial charge in [-0.2, -0.15) is 0 Å². The van der Waals surface area contributed by atoms with Crippen molar-refractivity contribution in [3.8, 4) is 11.4 Å². The molecule has 2 aromatic rings. The number of nitrogens with one attached hydrogen (secondary N) is 1. The van der Waals surface area contributed by atoms with Crippen molar-refractivity contribution in [2.75, 3.05) is 0 Å². The van der Waals surface area contributed by atoms with Gasteiger partial charge in [0.15, 0.2) is 0 Å². The van der Waals surface area contributed by atoms with Gasteiger partial charge in [0.25, 0.3) is 5.56 Å². The Labute approximate surface area is 140 Å². The van der Waals surface area contributed by atoms with E-state index in [0.717, 1.165) is 5.69 Å². The molecule has 0 unspecified atom stereocenters. The zero-order chi connectivity index (χ0) is 15.1. The van der Waals surface area contributed by atoms with Gasteiger partial charge in [0, 0.05) is 16.0 Å². The van der Waals surface area contributed by atoms with E-state index in [-0.39, 0.29) is 11.0 Å². The predicted molar refractivity (Wildman–Crippen MR) is 91.7 cm³/mol.